The molecular weight excluding hydrogens is 597 g/mol. The number of hydrogen-bond donors (Lipinski definition) is 0. The first-order valence-corrected chi connectivity index (χ1v) is 20.3. The summed E-state index contributed by atoms with van der Waals surface area (Å²) < 4.78 is 26.9. The predicted molar refractivity (Wildman–Crippen MR) is 197 cm³/mol. The van der Waals surface area contributed by atoms with Crippen molar-refractivity contribution < 1.29 is 17.3 Å². The molecule has 0 aliphatic carbocycles. The fraction of sp³-hybridized carbons (Fsp3) is 0.500. The van der Waals surface area contributed by atoms with E-state index in [9.17, 15) is 0 Å². The molecule has 3 aliphatic heterocycles. The maximum absolute atomic E-state index is 8.26. The summed E-state index contributed by atoms with van der Waals surface area (Å²) >= 11 is 0. The Labute approximate surface area is 283 Å². The topological polar surface area (TPSA) is 31.0 Å². The van der Waals surface area contributed by atoms with Crippen LogP contribution >= 0.6 is 0 Å². The average molecular weight is 655 g/mol. The van der Waals surface area contributed by atoms with Crippen molar-refractivity contribution in [3.05, 3.63) is 95.1 Å². The van der Waals surface area contributed by atoms with Crippen molar-refractivity contribution in [1.29, 1.82) is 0 Å². The van der Waals surface area contributed by atoms with E-state index >= 15 is 0 Å². The minimum atomic E-state index is -5.47. The first kappa shape index (κ1) is 33.3. The second-order valence-corrected chi connectivity index (χ2v) is 22.4. The molecule has 47 heavy (non-hydrogen) atoms. The standard InChI is InChI=1S/C40H58N4O2Si/c1-27(2)41-37(31-21-17-15-18-22-31)42(28(3)4)47(41,43(29(5)6)38(44(47)30(7)8)32-23-19-16-20-24-32)45-35-26-33(39(9,10)11)25-34(36(35)46-47)40(12,13)14/h15-30H,1-14H3. The first-order chi connectivity index (χ1) is 21.8. The Kier molecular flexibility index (Phi) is 7.07. The van der Waals surface area contributed by atoms with Gasteiger partial charge in [0.1, 0.15) is 0 Å². The zero-order valence-corrected chi connectivity index (χ0v) is 32.3. The fourth-order valence-electron chi connectivity index (χ4n) is 9.34. The van der Waals surface area contributed by atoms with Crippen LogP contribution in [0.4, 0.5) is 0 Å². The third-order valence-corrected chi connectivity index (χ3v) is 18.9. The van der Waals surface area contributed by atoms with E-state index in [0.29, 0.717) is 0 Å². The molecule has 0 unspecified atom stereocenters. The summed E-state index contributed by atoms with van der Waals surface area (Å²) in [5.41, 5.74) is 4.51. The van der Waals surface area contributed by atoms with Crippen LogP contribution in [0.5, 0.6) is 11.5 Å². The molecule has 6 nitrogen and oxygen atoms in total. The average Bonchev–Trinajstić information content (AvgIpc) is 3.30. The van der Waals surface area contributed by atoms with Crippen molar-refractivity contribution in [3.63, 3.8) is 0 Å². The molecule has 0 bridgehead atoms. The van der Waals surface area contributed by atoms with Gasteiger partial charge >= 0.3 is 284 Å². The zero-order chi connectivity index (χ0) is 34.5. The van der Waals surface area contributed by atoms with Crippen LogP contribution in [-0.4, -0.2) is 61.2 Å². The summed E-state index contributed by atoms with van der Waals surface area (Å²) in [6, 6.07) is 26.5. The number of rotatable bonds is 6. The van der Waals surface area contributed by atoms with E-state index < -0.39 is 7.76 Å². The number of amidine groups is 2. The molecule has 0 saturated carbocycles. The molecule has 0 atom stereocenters. The third-order valence-electron chi connectivity index (χ3n) is 10.5. The fourth-order valence-corrected chi connectivity index (χ4v) is 19.8. The number of nitrogens with zero attached hydrogens (tertiary/aromatic N) is 4. The number of hydrogen-bond acceptors (Lipinski definition) is 4. The Bertz CT molecular complexity index is 1720. The normalized spacial score (nSPS) is 21.0. The van der Waals surface area contributed by atoms with Crippen molar-refractivity contribution in [2.24, 2.45) is 0 Å². The molecule has 3 aliphatic rings. The van der Waals surface area contributed by atoms with Crippen molar-refractivity contribution >= 4 is 19.4 Å². The molecule has 1 spiro atoms. The van der Waals surface area contributed by atoms with Gasteiger partial charge in [0.05, 0.1) is 0 Å². The number of fused-ring (bicyclic) bond motifs is 1. The molecule has 0 aromatic heterocycles. The van der Waals surface area contributed by atoms with Gasteiger partial charge in [0.25, 0.3) is 0 Å². The van der Waals surface area contributed by atoms with Crippen LogP contribution < -0.4 is 8.85 Å². The minimum absolute atomic E-state index is 0.0546. The quantitative estimate of drug-likeness (QED) is 0.249. The summed E-state index contributed by atoms with van der Waals surface area (Å²) in [6.07, 6.45) is 0. The Morgan fingerprint density at radius 3 is 1.34 bits per heavy atom. The first-order valence-electron chi connectivity index (χ1n) is 17.7. The molecule has 0 radical (unpaired) electrons. The van der Waals surface area contributed by atoms with Gasteiger partial charge in [-0.2, -0.15) is 0 Å². The van der Waals surface area contributed by atoms with Gasteiger partial charge in [-0.15, -0.1) is 0 Å². The Hall–Kier alpha value is -3.58. The van der Waals surface area contributed by atoms with Gasteiger partial charge in [-0.1, -0.05) is 0 Å². The van der Waals surface area contributed by atoms with Gasteiger partial charge in [0.15, 0.2) is 0 Å². The van der Waals surface area contributed by atoms with Gasteiger partial charge in [-0.3, -0.25) is 0 Å². The van der Waals surface area contributed by atoms with E-state index in [2.05, 4.69) is 187 Å². The predicted octanol–water partition coefficient (Wildman–Crippen LogP) is 8.57. The second-order valence-electron chi connectivity index (χ2n) is 17.2. The molecule has 0 fully saturated rings. The van der Waals surface area contributed by atoms with Crippen molar-refractivity contribution in [3.8, 4) is 11.5 Å². The second kappa shape index (κ2) is 9.97. The Morgan fingerprint density at radius 1 is 0.574 bits per heavy atom. The van der Waals surface area contributed by atoms with Crippen LogP contribution in [0.25, 0.3) is 0 Å². The molecular formula is C40H58N4O2Si. The van der Waals surface area contributed by atoms with Crippen LogP contribution in [0, 0.1) is 0 Å². The summed E-state index contributed by atoms with van der Waals surface area (Å²) in [5, 5.41) is 0. The number of benzene rings is 3. The van der Waals surface area contributed by atoms with E-state index in [0.717, 1.165) is 23.2 Å². The summed E-state index contributed by atoms with van der Waals surface area (Å²) in [6.45, 7) is 32.1. The third kappa shape index (κ3) is 3.83. The summed E-state index contributed by atoms with van der Waals surface area (Å²) in [7, 11) is -5.47. The molecule has 3 heterocycles. The van der Waals surface area contributed by atoms with E-state index in [4.69, 9.17) is 8.85 Å². The monoisotopic (exact) mass is 654 g/mol. The van der Waals surface area contributed by atoms with E-state index in [1.165, 1.54) is 22.3 Å². The van der Waals surface area contributed by atoms with E-state index in [-0.39, 0.29) is 35.0 Å². The summed E-state index contributed by atoms with van der Waals surface area (Å²) in [4.78, 5) is 0. The summed E-state index contributed by atoms with van der Waals surface area (Å²) in [5.74, 6) is 4.04. The zero-order valence-electron chi connectivity index (χ0n) is 31.3. The van der Waals surface area contributed by atoms with Gasteiger partial charge in [0, 0.05) is 0 Å². The van der Waals surface area contributed by atoms with Gasteiger partial charge in [-0.05, 0) is 0 Å². The van der Waals surface area contributed by atoms with Crippen LogP contribution in [0.2, 0.25) is 0 Å². The van der Waals surface area contributed by atoms with Crippen molar-refractivity contribution in [1.82, 2.24) is 9.13 Å². The molecule has 0 saturated heterocycles. The van der Waals surface area contributed by atoms with Crippen LogP contribution in [-0.2, 0) is 10.8 Å². The van der Waals surface area contributed by atoms with E-state index in [1.54, 1.807) is 0 Å². The Morgan fingerprint density at radius 2 is 1.00 bits per heavy atom. The van der Waals surface area contributed by atoms with Crippen molar-refractivity contribution in [2.75, 3.05) is 0 Å². The maximum atomic E-state index is 8.26. The molecule has 0 amide bonds. The molecule has 0 N–H and O–H groups in total. The van der Waals surface area contributed by atoms with Gasteiger partial charge in [0.2, 0.25) is 0 Å². The Balaban J connectivity index is 1.90. The molecule has 6 rings (SSSR count). The van der Waals surface area contributed by atoms with Gasteiger partial charge in [-0.25, -0.2) is 0 Å². The van der Waals surface area contributed by atoms with Crippen LogP contribution in [0.15, 0.2) is 72.8 Å². The molecule has 7 heteroatoms. The molecule has 3 aromatic carbocycles. The SMILES string of the molecule is CC(C)N1C(c2ccccc2)=[N+](C(C)C)[Si-2]123(Oc1cc(C(C)(C)C)cc(C(C)(C)C)c1O2)N(C(C)C)C(c1ccccc1)=[N+]3C(C)C. The van der Waals surface area contributed by atoms with E-state index in [1.807, 2.05) is 0 Å². The van der Waals surface area contributed by atoms with Crippen molar-refractivity contribution in [2.45, 2.75) is 132 Å². The molecule has 254 valence electrons. The van der Waals surface area contributed by atoms with Crippen LogP contribution in [0.1, 0.15) is 119 Å². The molecule has 3 aromatic rings. The van der Waals surface area contributed by atoms with Crippen LogP contribution in [0.3, 0.4) is 0 Å². The van der Waals surface area contributed by atoms with Gasteiger partial charge < -0.3 is 0 Å².